The van der Waals surface area contributed by atoms with Crippen LogP contribution in [0.4, 0.5) is 5.69 Å². The number of anilines is 1. The minimum Gasteiger partial charge on any atom is -0.353 e. The largest absolute Gasteiger partial charge is 0.353 e. The zero-order valence-electron chi connectivity index (χ0n) is 11.2. The average molecular weight is 271 g/mol. The molecule has 0 spiro atoms. The van der Waals surface area contributed by atoms with E-state index in [0.717, 1.165) is 25.7 Å². The van der Waals surface area contributed by atoms with Gasteiger partial charge in [0, 0.05) is 6.04 Å². The van der Waals surface area contributed by atoms with Gasteiger partial charge < -0.3 is 10.6 Å². The maximum absolute atomic E-state index is 11.8. The molecule has 104 valence electrons. The van der Waals surface area contributed by atoms with Crippen molar-refractivity contribution in [1.29, 1.82) is 5.26 Å². The Morgan fingerprint density at radius 2 is 1.90 bits per heavy atom. The van der Waals surface area contributed by atoms with Crippen LogP contribution in [0.5, 0.6) is 0 Å². The molecule has 5 nitrogen and oxygen atoms in total. The molecule has 0 bridgehead atoms. The van der Waals surface area contributed by atoms with Crippen molar-refractivity contribution in [3.63, 3.8) is 0 Å². The van der Waals surface area contributed by atoms with Gasteiger partial charge in [0.2, 0.25) is 11.8 Å². The number of hydrogen-bond donors (Lipinski definition) is 2. The Hall–Kier alpha value is -2.35. The Morgan fingerprint density at radius 1 is 1.20 bits per heavy atom. The van der Waals surface area contributed by atoms with Gasteiger partial charge in [0.15, 0.2) is 0 Å². The van der Waals surface area contributed by atoms with Gasteiger partial charge in [0.05, 0.1) is 11.3 Å². The van der Waals surface area contributed by atoms with Crippen molar-refractivity contribution >= 4 is 17.5 Å². The van der Waals surface area contributed by atoms with Crippen LogP contribution in [0.1, 0.15) is 37.7 Å². The minimum absolute atomic E-state index is 0.210. The van der Waals surface area contributed by atoms with Gasteiger partial charge in [-0.05, 0) is 25.0 Å². The monoisotopic (exact) mass is 271 g/mol. The van der Waals surface area contributed by atoms with Crippen molar-refractivity contribution in [3.05, 3.63) is 29.8 Å². The molecule has 0 aliphatic heterocycles. The normalized spacial score (nSPS) is 14.6. The fourth-order valence-electron chi connectivity index (χ4n) is 2.38. The molecule has 2 rings (SSSR count). The molecule has 0 atom stereocenters. The third-order valence-corrected chi connectivity index (χ3v) is 3.36. The number of rotatable bonds is 4. The minimum atomic E-state index is -0.400. The van der Waals surface area contributed by atoms with Crippen LogP contribution in [-0.2, 0) is 9.59 Å². The molecule has 20 heavy (non-hydrogen) atoms. The highest BCUT2D eigenvalue weighted by Crippen LogP contribution is 2.18. The molecule has 1 aliphatic carbocycles. The van der Waals surface area contributed by atoms with E-state index in [2.05, 4.69) is 10.6 Å². The number of carbonyl (C=O) groups is 2. The number of carbonyl (C=O) groups excluding carboxylic acids is 2. The molecule has 0 saturated heterocycles. The van der Waals surface area contributed by atoms with Crippen LogP contribution in [0, 0.1) is 11.3 Å². The molecular formula is C15H17N3O2. The third kappa shape index (κ3) is 3.82. The Morgan fingerprint density at radius 3 is 2.60 bits per heavy atom. The van der Waals surface area contributed by atoms with Crippen LogP contribution >= 0.6 is 0 Å². The molecule has 0 unspecified atom stereocenters. The Labute approximate surface area is 118 Å². The highest BCUT2D eigenvalue weighted by atomic mass is 16.2. The second-order valence-electron chi connectivity index (χ2n) is 4.93. The number of nitrogens with one attached hydrogen (secondary N) is 2. The van der Waals surface area contributed by atoms with E-state index in [0.29, 0.717) is 11.3 Å². The molecule has 1 aromatic rings. The topological polar surface area (TPSA) is 82.0 Å². The highest BCUT2D eigenvalue weighted by molar-refractivity contribution is 6.04. The first-order valence-electron chi connectivity index (χ1n) is 6.77. The van der Waals surface area contributed by atoms with Crippen molar-refractivity contribution in [2.75, 3.05) is 5.32 Å². The van der Waals surface area contributed by atoms with E-state index in [1.807, 2.05) is 6.07 Å². The summed E-state index contributed by atoms with van der Waals surface area (Å²) in [7, 11) is 0. The number of benzene rings is 1. The van der Waals surface area contributed by atoms with Crippen LogP contribution in [-0.4, -0.2) is 17.9 Å². The van der Waals surface area contributed by atoms with Crippen molar-refractivity contribution in [2.24, 2.45) is 0 Å². The standard InChI is InChI=1S/C15H17N3O2/c16-10-11-5-1-4-8-13(11)18-15(20)9-14(19)17-12-6-2-3-7-12/h1,4-5,8,12H,2-3,6-7,9H2,(H,17,19)(H,18,20). The number of nitrogens with zero attached hydrogens (tertiary/aromatic N) is 1. The summed E-state index contributed by atoms with van der Waals surface area (Å²) in [6, 6.07) is 8.93. The number of hydrogen-bond acceptors (Lipinski definition) is 3. The van der Waals surface area contributed by atoms with E-state index in [4.69, 9.17) is 5.26 Å². The summed E-state index contributed by atoms with van der Waals surface area (Å²) in [5.74, 6) is -0.660. The summed E-state index contributed by atoms with van der Waals surface area (Å²) in [5, 5.41) is 14.4. The molecule has 1 fully saturated rings. The molecule has 0 heterocycles. The highest BCUT2D eigenvalue weighted by Gasteiger charge is 2.18. The summed E-state index contributed by atoms with van der Waals surface area (Å²) in [6.45, 7) is 0. The first kappa shape index (κ1) is 14.1. The SMILES string of the molecule is N#Cc1ccccc1NC(=O)CC(=O)NC1CCCC1. The van der Waals surface area contributed by atoms with E-state index in [1.54, 1.807) is 24.3 Å². The Balaban J connectivity index is 1.85. The van der Waals surface area contributed by atoms with E-state index in [1.165, 1.54) is 0 Å². The summed E-state index contributed by atoms with van der Waals surface area (Å²) >= 11 is 0. The van der Waals surface area contributed by atoms with E-state index < -0.39 is 5.91 Å². The smallest absolute Gasteiger partial charge is 0.233 e. The molecule has 1 saturated carbocycles. The maximum Gasteiger partial charge on any atom is 0.233 e. The summed E-state index contributed by atoms with van der Waals surface area (Å²) in [5.41, 5.74) is 0.825. The lowest BCUT2D eigenvalue weighted by molar-refractivity contribution is -0.127. The molecule has 5 heteroatoms. The predicted molar refractivity (Wildman–Crippen MR) is 74.8 cm³/mol. The van der Waals surface area contributed by atoms with Gasteiger partial charge in [0.25, 0.3) is 0 Å². The molecule has 1 aromatic carbocycles. The first-order valence-corrected chi connectivity index (χ1v) is 6.77. The van der Waals surface area contributed by atoms with Gasteiger partial charge in [-0.3, -0.25) is 9.59 Å². The lowest BCUT2D eigenvalue weighted by atomic mass is 10.2. The Bertz CT molecular complexity index is 542. The second kappa shape index (κ2) is 6.71. The van der Waals surface area contributed by atoms with E-state index in [-0.39, 0.29) is 18.4 Å². The zero-order valence-corrected chi connectivity index (χ0v) is 11.2. The van der Waals surface area contributed by atoms with Gasteiger partial charge in [-0.2, -0.15) is 5.26 Å². The van der Waals surface area contributed by atoms with Crippen LogP contribution in [0.3, 0.4) is 0 Å². The second-order valence-corrected chi connectivity index (χ2v) is 4.93. The van der Waals surface area contributed by atoms with Crippen molar-refractivity contribution in [1.82, 2.24) is 5.32 Å². The van der Waals surface area contributed by atoms with Gasteiger partial charge in [-0.15, -0.1) is 0 Å². The quantitative estimate of drug-likeness (QED) is 0.821. The first-order chi connectivity index (χ1) is 9.69. The van der Waals surface area contributed by atoms with Crippen LogP contribution < -0.4 is 10.6 Å². The van der Waals surface area contributed by atoms with Gasteiger partial charge >= 0.3 is 0 Å². The van der Waals surface area contributed by atoms with Crippen molar-refractivity contribution in [2.45, 2.75) is 38.1 Å². The summed E-state index contributed by atoms with van der Waals surface area (Å²) < 4.78 is 0. The summed E-state index contributed by atoms with van der Waals surface area (Å²) in [6.07, 6.45) is 4.03. The molecule has 0 radical (unpaired) electrons. The maximum atomic E-state index is 11.8. The summed E-state index contributed by atoms with van der Waals surface area (Å²) in [4.78, 5) is 23.5. The van der Waals surface area contributed by atoms with Gasteiger partial charge in [-0.1, -0.05) is 25.0 Å². The van der Waals surface area contributed by atoms with Gasteiger partial charge in [-0.25, -0.2) is 0 Å². The van der Waals surface area contributed by atoms with E-state index in [9.17, 15) is 9.59 Å². The number of nitriles is 1. The van der Waals surface area contributed by atoms with Crippen LogP contribution in [0.2, 0.25) is 0 Å². The zero-order chi connectivity index (χ0) is 14.4. The lowest BCUT2D eigenvalue weighted by Crippen LogP contribution is -2.35. The van der Waals surface area contributed by atoms with E-state index >= 15 is 0 Å². The van der Waals surface area contributed by atoms with Crippen LogP contribution in [0.15, 0.2) is 24.3 Å². The van der Waals surface area contributed by atoms with Crippen LogP contribution in [0.25, 0.3) is 0 Å². The molecule has 2 amide bonds. The van der Waals surface area contributed by atoms with Crippen molar-refractivity contribution in [3.8, 4) is 6.07 Å². The number of para-hydroxylation sites is 1. The fraction of sp³-hybridized carbons (Fsp3) is 0.400. The average Bonchev–Trinajstić information content (AvgIpc) is 2.91. The third-order valence-electron chi connectivity index (χ3n) is 3.36. The fourth-order valence-corrected chi connectivity index (χ4v) is 2.38. The molecule has 1 aliphatic rings. The van der Waals surface area contributed by atoms with Crippen molar-refractivity contribution < 1.29 is 9.59 Å². The number of amides is 2. The molecule has 2 N–H and O–H groups in total. The Kier molecular flexibility index (Phi) is 4.72. The predicted octanol–water partition coefficient (Wildman–Crippen LogP) is 1.95. The van der Waals surface area contributed by atoms with Gasteiger partial charge in [0.1, 0.15) is 12.5 Å². The lowest BCUT2D eigenvalue weighted by Gasteiger charge is -2.12. The molecular weight excluding hydrogens is 254 g/mol. The molecule has 0 aromatic heterocycles.